The van der Waals surface area contributed by atoms with Crippen molar-refractivity contribution in [2.24, 2.45) is 0 Å². The molecule has 0 bridgehead atoms. The van der Waals surface area contributed by atoms with Gasteiger partial charge in [-0.2, -0.15) is 0 Å². The van der Waals surface area contributed by atoms with Gasteiger partial charge < -0.3 is 20.5 Å². The van der Waals surface area contributed by atoms with E-state index in [2.05, 4.69) is 10.6 Å². The zero-order valence-corrected chi connectivity index (χ0v) is 13.3. The molecule has 1 aromatic carbocycles. The number of nitrogens with one attached hydrogen (secondary N) is 2. The third kappa shape index (κ3) is 7.52. The second-order valence-electron chi connectivity index (χ2n) is 5.95. The fourth-order valence-electron chi connectivity index (χ4n) is 1.72. The molecule has 0 unspecified atom stereocenters. The number of alkyl carbamates (subject to hydrolysis) is 1. The van der Waals surface area contributed by atoms with Crippen molar-refractivity contribution in [3.63, 3.8) is 0 Å². The van der Waals surface area contributed by atoms with Crippen LogP contribution in [0.2, 0.25) is 0 Å². The number of ether oxygens (including phenoxy) is 1. The summed E-state index contributed by atoms with van der Waals surface area (Å²) in [5.41, 5.74) is 0.672. The summed E-state index contributed by atoms with van der Waals surface area (Å²) in [7, 11) is 0. The number of carbonyl (C=O) groups excluding carboxylic acids is 1. The van der Waals surface area contributed by atoms with Gasteiger partial charge in [0.2, 0.25) is 0 Å². The summed E-state index contributed by atoms with van der Waals surface area (Å²) in [5.74, 6) is -0.931. The van der Waals surface area contributed by atoms with Gasteiger partial charge in [-0.1, -0.05) is 0 Å². The SMILES string of the molecule is CC(C)(C)OC(=O)NCCCCNc1ccc(C(=O)O)cc1. The summed E-state index contributed by atoms with van der Waals surface area (Å²) in [6.07, 6.45) is 1.32. The number of hydrogen-bond acceptors (Lipinski definition) is 4. The van der Waals surface area contributed by atoms with E-state index in [1.54, 1.807) is 24.3 Å². The van der Waals surface area contributed by atoms with E-state index in [4.69, 9.17) is 9.84 Å². The van der Waals surface area contributed by atoms with Crippen LogP contribution < -0.4 is 10.6 Å². The van der Waals surface area contributed by atoms with Crippen LogP contribution in [0.5, 0.6) is 0 Å². The van der Waals surface area contributed by atoms with Gasteiger partial charge in [-0.3, -0.25) is 0 Å². The number of carboxylic acids is 1. The first-order chi connectivity index (χ1) is 10.3. The lowest BCUT2D eigenvalue weighted by Crippen LogP contribution is -2.33. The van der Waals surface area contributed by atoms with Crippen LogP contribution in [0.15, 0.2) is 24.3 Å². The summed E-state index contributed by atoms with van der Waals surface area (Å²) >= 11 is 0. The zero-order valence-electron chi connectivity index (χ0n) is 13.3. The number of hydrogen-bond donors (Lipinski definition) is 3. The van der Waals surface area contributed by atoms with Crippen molar-refractivity contribution in [3.8, 4) is 0 Å². The summed E-state index contributed by atoms with van der Waals surface area (Å²) in [5, 5.41) is 14.7. The van der Waals surface area contributed by atoms with Gasteiger partial charge in [0, 0.05) is 18.8 Å². The molecule has 0 saturated carbocycles. The van der Waals surface area contributed by atoms with Crippen LogP contribution in [0.1, 0.15) is 44.0 Å². The second-order valence-corrected chi connectivity index (χ2v) is 5.95. The van der Waals surface area contributed by atoms with E-state index in [-0.39, 0.29) is 5.56 Å². The minimum absolute atomic E-state index is 0.270. The zero-order chi connectivity index (χ0) is 16.6. The molecule has 1 amide bonds. The smallest absolute Gasteiger partial charge is 0.407 e. The highest BCUT2D eigenvalue weighted by Gasteiger charge is 2.15. The number of amides is 1. The summed E-state index contributed by atoms with van der Waals surface area (Å²) in [4.78, 5) is 22.1. The van der Waals surface area contributed by atoms with E-state index in [0.717, 1.165) is 25.1 Å². The molecular weight excluding hydrogens is 284 g/mol. The molecule has 3 N–H and O–H groups in total. The van der Waals surface area contributed by atoms with E-state index in [0.29, 0.717) is 6.54 Å². The number of anilines is 1. The van der Waals surface area contributed by atoms with Gasteiger partial charge in [0.05, 0.1) is 5.56 Å². The number of unbranched alkanes of at least 4 members (excludes halogenated alkanes) is 1. The molecule has 0 heterocycles. The average molecular weight is 308 g/mol. The highest BCUT2D eigenvalue weighted by Crippen LogP contribution is 2.09. The number of carbonyl (C=O) groups is 2. The lowest BCUT2D eigenvalue weighted by atomic mass is 10.2. The van der Waals surface area contributed by atoms with Crippen molar-refractivity contribution in [3.05, 3.63) is 29.8 Å². The van der Waals surface area contributed by atoms with Crippen molar-refractivity contribution in [2.75, 3.05) is 18.4 Å². The van der Waals surface area contributed by atoms with E-state index >= 15 is 0 Å². The van der Waals surface area contributed by atoms with Crippen molar-refractivity contribution in [1.29, 1.82) is 0 Å². The predicted molar refractivity (Wildman–Crippen MR) is 85.4 cm³/mol. The van der Waals surface area contributed by atoms with Crippen LogP contribution in [0.4, 0.5) is 10.5 Å². The molecule has 122 valence electrons. The molecule has 0 aliphatic heterocycles. The average Bonchev–Trinajstić information content (AvgIpc) is 2.41. The van der Waals surface area contributed by atoms with Gasteiger partial charge in [-0.15, -0.1) is 0 Å². The van der Waals surface area contributed by atoms with Crippen LogP contribution in [-0.2, 0) is 4.74 Å². The van der Waals surface area contributed by atoms with Gasteiger partial charge >= 0.3 is 12.1 Å². The normalized spacial score (nSPS) is 10.9. The number of rotatable bonds is 7. The highest BCUT2D eigenvalue weighted by atomic mass is 16.6. The Morgan fingerprint density at radius 3 is 2.23 bits per heavy atom. The Labute approximate surface area is 130 Å². The molecule has 1 rings (SSSR count). The van der Waals surface area contributed by atoms with Crippen LogP contribution in [-0.4, -0.2) is 35.9 Å². The summed E-state index contributed by atoms with van der Waals surface area (Å²) in [6.45, 7) is 6.79. The van der Waals surface area contributed by atoms with Crippen molar-refractivity contribution in [1.82, 2.24) is 5.32 Å². The van der Waals surface area contributed by atoms with Crippen LogP contribution in [0.25, 0.3) is 0 Å². The fourth-order valence-corrected chi connectivity index (χ4v) is 1.72. The molecule has 0 saturated heterocycles. The first-order valence-electron chi connectivity index (χ1n) is 7.32. The topological polar surface area (TPSA) is 87.7 Å². The van der Waals surface area contributed by atoms with Gasteiger partial charge in [0.25, 0.3) is 0 Å². The Balaban J connectivity index is 2.13. The van der Waals surface area contributed by atoms with E-state index in [1.165, 1.54) is 0 Å². The van der Waals surface area contributed by atoms with Gasteiger partial charge in [-0.05, 0) is 57.9 Å². The maximum absolute atomic E-state index is 11.4. The quantitative estimate of drug-likeness (QED) is 0.674. The molecule has 0 atom stereocenters. The maximum atomic E-state index is 11.4. The molecule has 22 heavy (non-hydrogen) atoms. The molecule has 0 fully saturated rings. The van der Waals surface area contributed by atoms with Gasteiger partial charge in [0.15, 0.2) is 0 Å². The third-order valence-corrected chi connectivity index (χ3v) is 2.73. The third-order valence-electron chi connectivity index (χ3n) is 2.73. The number of benzene rings is 1. The fraction of sp³-hybridized carbons (Fsp3) is 0.500. The molecular formula is C16H24N2O4. The Kier molecular flexibility index (Phi) is 6.69. The second kappa shape index (κ2) is 8.26. The van der Waals surface area contributed by atoms with Crippen molar-refractivity contribution in [2.45, 2.75) is 39.2 Å². The van der Waals surface area contributed by atoms with Crippen molar-refractivity contribution >= 4 is 17.7 Å². The van der Waals surface area contributed by atoms with E-state index in [9.17, 15) is 9.59 Å². The molecule has 6 nitrogen and oxygen atoms in total. The highest BCUT2D eigenvalue weighted by molar-refractivity contribution is 5.87. The van der Waals surface area contributed by atoms with Gasteiger partial charge in [-0.25, -0.2) is 9.59 Å². The molecule has 0 aliphatic carbocycles. The molecule has 6 heteroatoms. The minimum Gasteiger partial charge on any atom is -0.478 e. The molecule has 0 aromatic heterocycles. The first kappa shape index (κ1) is 17.8. The van der Waals surface area contributed by atoms with E-state index in [1.807, 2.05) is 20.8 Å². The Bertz CT molecular complexity index is 492. The lowest BCUT2D eigenvalue weighted by Gasteiger charge is -2.19. The Morgan fingerprint density at radius 1 is 1.09 bits per heavy atom. The summed E-state index contributed by atoms with van der Waals surface area (Å²) < 4.78 is 5.13. The number of aromatic carboxylic acids is 1. The van der Waals surface area contributed by atoms with Crippen LogP contribution in [0.3, 0.4) is 0 Å². The van der Waals surface area contributed by atoms with E-state index < -0.39 is 17.7 Å². The Hall–Kier alpha value is -2.24. The molecule has 1 aromatic rings. The van der Waals surface area contributed by atoms with Crippen LogP contribution >= 0.6 is 0 Å². The Morgan fingerprint density at radius 2 is 1.68 bits per heavy atom. The lowest BCUT2D eigenvalue weighted by molar-refractivity contribution is 0.0526. The van der Waals surface area contributed by atoms with Gasteiger partial charge in [0.1, 0.15) is 5.60 Å². The van der Waals surface area contributed by atoms with Crippen LogP contribution in [0, 0.1) is 0 Å². The maximum Gasteiger partial charge on any atom is 0.407 e. The molecule has 0 spiro atoms. The molecule has 0 aliphatic rings. The largest absolute Gasteiger partial charge is 0.478 e. The molecule has 0 radical (unpaired) electrons. The predicted octanol–water partition coefficient (Wildman–Crippen LogP) is 3.10. The monoisotopic (exact) mass is 308 g/mol. The standard InChI is InChI=1S/C16H24N2O4/c1-16(2,3)22-15(21)18-11-5-4-10-17-13-8-6-12(7-9-13)14(19)20/h6-9,17H,4-5,10-11H2,1-3H3,(H,18,21)(H,19,20). The minimum atomic E-state index is -0.931. The van der Waals surface area contributed by atoms with Crippen molar-refractivity contribution < 1.29 is 19.4 Å². The summed E-state index contributed by atoms with van der Waals surface area (Å²) in [6, 6.07) is 6.61. The first-order valence-corrected chi connectivity index (χ1v) is 7.32. The number of carboxylic acid groups (broad SMARTS) is 1.